The van der Waals surface area contributed by atoms with Crippen LogP contribution in [0.15, 0.2) is 60.7 Å². The van der Waals surface area contributed by atoms with Gasteiger partial charge in [-0.25, -0.2) is 0 Å². The van der Waals surface area contributed by atoms with E-state index in [1.54, 1.807) is 19.1 Å². The van der Waals surface area contributed by atoms with Crippen LogP contribution in [0.3, 0.4) is 0 Å². The SMILES string of the molecule is CCOC(=O)[C@@H](CC(=O)c1ccccc1)N[C@@H](C)c1ccccc1. The number of hydrogen-bond acceptors (Lipinski definition) is 4. The van der Waals surface area contributed by atoms with Crippen molar-refractivity contribution in [1.29, 1.82) is 0 Å². The van der Waals surface area contributed by atoms with Gasteiger partial charge < -0.3 is 4.74 Å². The van der Waals surface area contributed by atoms with E-state index in [0.717, 1.165) is 5.56 Å². The molecule has 4 nitrogen and oxygen atoms in total. The molecule has 126 valence electrons. The van der Waals surface area contributed by atoms with Crippen molar-refractivity contribution in [2.45, 2.75) is 32.4 Å². The van der Waals surface area contributed by atoms with Crippen molar-refractivity contribution < 1.29 is 14.3 Å². The fraction of sp³-hybridized carbons (Fsp3) is 0.300. The molecule has 0 spiro atoms. The number of ether oxygens (including phenoxy) is 1. The van der Waals surface area contributed by atoms with Crippen molar-refractivity contribution in [2.75, 3.05) is 6.61 Å². The summed E-state index contributed by atoms with van der Waals surface area (Å²) in [7, 11) is 0. The highest BCUT2D eigenvalue weighted by atomic mass is 16.5. The summed E-state index contributed by atoms with van der Waals surface area (Å²) >= 11 is 0. The summed E-state index contributed by atoms with van der Waals surface area (Å²) in [5.74, 6) is -0.481. The molecule has 0 bridgehead atoms. The summed E-state index contributed by atoms with van der Waals surface area (Å²) < 4.78 is 5.12. The number of ketones is 1. The zero-order chi connectivity index (χ0) is 17.4. The molecule has 0 radical (unpaired) electrons. The molecule has 24 heavy (non-hydrogen) atoms. The van der Waals surface area contributed by atoms with Crippen LogP contribution >= 0.6 is 0 Å². The summed E-state index contributed by atoms with van der Waals surface area (Å²) in [4.78, 5) is 24.7. The lowest BCUT2D eigenvalue weighted by molar-refractivity contribution is -0.145. The lowest BCUT2D eigenvalue weighted by atomic mass is 10.0. The Labute approximate surface area is 142 Å². The van der Waals surface area contributed by atoms with Crippen molar-refractivity contribution >= 4 is 11.8 Å². The molecule has 0 aliphatic heterocycles. The molecule has 0 heterocycles. The summed E-state index contributed by atoms with van der Waals surface area (Å²) in [6.45, 7) is 4.01. The maximum atomic E-state index is 12.4. The number of benzene rings is 2. The van der Waals surface area contributed by atoms with Crippen LogP contribution in [-0.4, -0.2) is 24.4 Å². The Morgan fingerprint density at radius 1 is 1.00 bits per heavy atom. The van der Waals surface area contributed by atoms with E-state index in [1.165, 1.54) is 0 Å². The van der Waals surface area contributed by atoms with Crippen LogP contribution in [0.2, 0.25) is 0 Å². The number of hydrogen-bond donors (Lipinski definition) is 1. The van der Waals surface area contributed by atoms with E-state index in [1.807, 2.05) is 55.5 Å². The number of esters is 1. The third-order valence-electron chi connectivity index (χ3n) is 3.81. The minimum atomic E-state index is -0.673. The van der Waals surface area contributed by atoms with Crippen molar-refractivity contribution in [3.63, 3.8) is 0 Å². The highest BCUT2D eigenvalue weighted by molar-refractivity contribution is 5.98. The first-order chi connectivity index (χ1) is 11.6. The molecule has 0 aromatic heterocycles. The first-order valence-electron chi connectivity index (χ1n) is 8.17. The lowest BCUT2D eigenvalue weighted by Gasteiger charge is -2.22. The maximum Gasteiger partial charge on any atom is 0.323 e. The predicted molar refractivity (Wildman–Crippen MR) is 93.8 cm³/mol. The van der Waals surface area contributed by atoms with Crippen LogP contribution in [0.25, 0.3) is 0 Å². The van der Waals surface area contributed by atoms with E-state index in [-0.39, 0.29) is 24.9 Å². The Hall–Kier alpha value is -2.46. The Bertz CT molecular complexity index is 655. The van der Waals surface area contributed by atoms with Gasteiger partial charge in [-0.05, 0) is 19.4 Å². The van der Waals surface area contributed by atoms with E-state index in [9.17, 15) is 9.59 Å². The molecule has 0 saturated heterocycles. The van der Waals surface area contributed by atoms with E-state index in [0.29, 0.717) is 5.56 Å². The van der Waals surface area contributed by atoms with E-state index >= 15 is 0 Å². The smallest absolute Gasteiger partial charge is 0.323 e. The van der Waals surface area contributed by atoms with Gasteiger partial charge in [-0.1, -0.05) is 60.7 Å². The molecule has 0 saturated carbocycles. The number of nitrogens with one attached hydrogen (secondary N) is 1. The largest absolute Gasteiger partial charge is 0.465 e. The normalized spacial score (nSPS) is 13.1. The first-order valence-corrected chi connectivity index (χ1v) is 8.17. The molecule has 0 unspecified atom stereocenters. The van der Waals surface area contributed by atoms with E-state index in [2.05, 4.69) is 5.32 Å². The monoisotopic (exact) mass is 325 g/mol. The molecule has 0 fully saturated rings. The second-order valence-corrected chi connectivity index (χ2v) is 5.60. The molecular formula is C20H23NO3. The van der Waals surface area contributed by atoms with Gasteiger partial charge in [0.15, 0.2) is 5.78 Å². The molecule has 0 amide bonds. The van der Waals surface area contributed by atoms with Crippen molar-refractivity contribution in [3.05, 3.63) is 71.8 Å². The van der Waals surface area contributed by atoms with Gasteiger partial charge in [-0.15, -0.1) is 0 Å². The molecule has 1 N–H and O–H groups in total. The van der Waals surface area contributed by atoms with Gasteiger partial charge in [-0.3, -0.25) is 14.9 Å². The molecule has 4 heteroatoms. The summed E-state index contributed by atoms with van der Waals surface area (Å²) in [5.41, 5.74) is 1.65. The predicted octanol–water partition coefficient (Wildman–Crippen LogP) is 3.54. The van der Waals surface area contributed by atoms with Crippen LogP contribution in [0, 0.1) is 0 Å². The van der Waals surface area contributed by atoms with Crippen LogP contribution < -0.4 is 5.32 Å². The highest BCUT2D eigenvalue weighted by Gasteiger charge is 2.25. The van der Waals surface area contributed by atoms with Gasteiger partial charge in [0, 0.05) is 18.0 Å². The topological polar surface area (TPSA) is 55.4 Å². The van der Waals surface area contributed by atoms with E-state index in [4.69, 9.17) is 4.74 Å². The quantitative estimate of drug-likeness (QED) is 0.596. The zero-order valence-corrected chi connectivity index (χ0v) is 14.1. The van der Waals surface area contributed by atoms with Crippen LogP contribution in [0.1, 0.15) is 42.2 Å². The molecule has 2 rings (SSSR count). The molecule has 2 aromatic rings. The van der Waals surface area contributed by atoms with Crippen molar-refractivity contribution in [2.24, 2.45) is 0 Å². The number of Topliss-reactive ketones (excluding diaryl/α,β-unsaturated/α-hetero) is 1. The van der Waals surface area contributed by atoms with E-state index < -0.39 is 12.0 Å². The number of carbonyl (C=O) groups is 2. The van der Waals surface area contributed by atoms with Crippen molar-refractivity contribution in [3.8, 4) is 0 Å². The average molecular weight is 325 g/mol. The molecular weight excluding hydrogens is 302 g/mol. The van der Waals surface area contributed by atoms with Gasteiger partial charge in [-0.2, -0.15) is 0 Å². The van der Waals surface area contributed by atoms with Crippen LogP contribution in [0.4, 0.5) is 0 Å². The summed E-state index contributed by atoms with van der Waals surface area (Å²) in [6.07, 6.45) is 0.0695. The fourth-order valence-corrected chi connectivity index (χ4v) is 2.52. The molecule has 2 atom stereocenters. The zero-order valence-electron chi connectivity index (χ0n) is 14.1. The Morgan fingerprint density at radius 3 is 2.17 bits per heavy atom. The van der Waals surface area contributed by atoms with Gasteiger partial charge >= 0.3 is 5.97 Å². The second kappa shape index (κ2) is 8.99. The average Bonchev–Trinajstić information content (AvgIpc) is 2.62. The first kappa shape index (κ1) is 17.9. The van der Waals surface area contributed by atoms with Gasteiger partial charge in [0.1, 0.15) is 6.04 Å². The third kappa shape index (κ3) is 5.03. The minimum Gasteiger partial charge on any atom is -0.465 e. The minimum absolute atomic E-state index is 0.0656. The molecule has 0 aliphatic rings. The van der Waals surface area contributed by atoms with Crippen LogP contribution in [0.5, 0.6) is 0 Å². The maximum absolute atomic E-state index is 12.4. The Balaban J connectivity index is 2.10. The summed E-state index contributed by atoms with van der Waals surface area (Å²) in [6, 6.07) is 18.1. The highest BCUT2D eigenvalue weighted by Crippen LogP contribution is 2.15. The number of carbonyl (C=O) groups excluding carboxylic acids is 2. The molecule has 0 aliphatic carbocycles. The van der Waals surface area contributed by atoms with Gasteiger partial charge in [0.05, 0.1) is 6.61 Å². The Morgan fingerprint density at radius 2 is 1.58 bits per heavy atom. The lowest BCUT2D eigenvalue weighted by Crippen LogP contribution is -2.41. The molecule has 2 aromatic carbocycles. The third-order valence-corrected chi connectivity index (χ3v) is 3.81. The number of rotatable bonds is 8. The van der Waals surface area contributed by atoms with Crippen LogP contribution in [-0.2, 0) is 9.53 Å². The standard InChI is InChI=1S/C20H23NO3/c1-3-24-20(23)18(14-19(22)17-12-8-5-9-13-17)21-15(2)16-10-6-4-7-11-16/h4-13,15,18,21H,3,14H2,1-2H3/t15-,18+/m0/s1. The van der Waals surface area contributed by atoms with Gasteiger partial charge in [0.25, 0.3) is 0 Å². The summed E-state index contributed by atoms with van der Waals surface area (Å²) in [5, 5.41) is 3.22. The van der Waals surface area contributed by atoms with Crippen molar-refractivity contribution in [1.82, 2.24) is 5.32 Å². The fourth-order valence-electron chi connectivity index (χ4n) is 2.52. The second-order valence-electron chi connectivity index (χ2n) is 5.60. The van der Waals surface area contributed by atoms with Gasteiger partial charge in [0.2, 0.25) is 0 Å². The Kier molecular flexibility index (Phi) is 6.70.